The highest BCUT2D eigenvalue weighted by Crippen LogP contribution is 2.16. The predicted octanol–water partition coefficient (Wildman–Crippen LogP) is 4.37. The minimum absolute atomic E-state index is 0.118. The average Bonchev–Trinajstić information content (AvgIpc) is 2.47. The van der Waals surface area contributed by atoms with Crippen molar-refractivity contribution in [3.05, 3.63) is 76.6 Å². The molecule has 0 aliphatic heterocycles. The monoisotopic (exact) mass is 303 g/mol. The first-order chi connectivity index (χ1) is 10.0. The van der Waals surface area contributed by atoms with E-state index in [9.17, 15) is 9.18 Å². The Labute approximate surface area is 128 Å². The number of hydrogen-bond acceptors (Lipinski definition) is 1. The summed E-state index contributed by atoms with van der Waals surface area (Å²) in [6.45, 7) is 1.90. The molecule has 0 aliphatic carbocycles. The van der Waals surface area contributed by atoms with Gasteiger partial charge in [-0.15, -0.1) is 0 Å². The topological polar surface area (TPSA) is 29.1 Å². The lowest BCUT2D eigenvalue weighted by Gasteiger charge is -2.12. The minimum Gasteiger partial charge on any atom is -0.346 e. The molecule has 2 rings (SSSR count). The second-order valence-electron chi connectivity index (χ2n) is 4.67. The van der Waals surface area contributed by atoms with Crippen LogP contribution in [0.25, 0.3) is 6.08 Å². The van der Waals surface area contributed by atoms with Gasteiger partial charge < -0.3 is 5.32 Å². The Kier molecular flexibility index (Phi) is 5.12. The molecule has 1 amide bonds. The highest BCUT2D eigenvalue weighted by atomic mass is 35.5. The highest BCUT2D eigenvalue weighted by Gasteiger charge is 2.07. The normalized spacial score (nSPS) is 12.3. The summed E-state index contributed by atoms with van der Waals surface area (Å²) >= 11 is 5.83. The van der Waals surface area contributed by atoms with Crippen molar-refractivity contribution in [2.24, 2.45) is 0 Å². The zero-order valence-electron chi connectivity index (χ0n) is 11.5. The van der Waals surface area contributed by atoms with Crippen LogP contribution in [0.3, 0.4) is 0 Å². The molecule has 2 aromatic carbocycles. The van der Waals surface area contributed by atoms with Gasteiger partial charge in [0.2, 0.25) is 5.91 Å². The first kappa shape index (κ1) is 15.3. The third-order valence-corrected chi connectivity index (χ3v) is 3.28. The largest absolute Gasteiger partial charge is 0.346 e. The Bertz CT molecular complexity index is 635. The van der Waals surface area contributed by atoms with Gasteiger partial charge in [-0.1, -0.05) is 35.9 Å². The molecule has 2 aromatic rings. The third kappa shape index (κ3) is 4.72. The Morgan fingerprint density at radius 3 is 2.38 bits per heavy atom. The van der Waals surface area contributed by atoms with Crippen LogP contribution in [0.1, 0.15) is 24.1 Å². The molecule has 0 heterocycles. The lowest BCUT2D eigenvalue weighted by molar-refractivity contribution is -0.117. The van der Waals surface area contributed by atoms with Gasteiger partial charge in [0, 0.05) is 11.1 Å². The fraction of sp³-hybridized carbons (Fsp3) is 0.118. The van der Waals surface area contributed by atoms with Gasteiger partial charge >= 0.3 is 0 Å². The quantitative estimate of drug-likeness (QED) is 0.835. The number of halogens is 2. The van der Waals surface area contributed by atoms with E-state index in [0.717, 1.165) is 11.1 Å². The van der Waals surface area contributed by atoms with E-state index in [-0.39, 0.29) is 17.8 Å². The number of rotatable bonds is 4. The van der Waals surface area contributed by atoms with Gasteiger partial charge in [0.05, 0.1) is 6.04 Å². The third-order valence-electron chi connectivity index (χ3n) is 3.03. The van der Waals surface area contributed by atoms with Crippen LogP contribution < -0.4 is 5.32 Å². The van der Waals surface area contributed by atoms with Gasteiger partial charge in [0.25, 0.3) is 0 Å². The van der Waals surface area contributed by atoms with Crippen molar-refractivity contribution >= 4 is 23.6 Å². The van der Waals surface area contributed by atoms with Crippen LogP contribution in [0.4, 0.5) is 4.39 Å². The molecule has 0 aromatic heterocycles. The molecule has 108 valence electrons. The number of hydrogen-bond donors (Lipinski definition) is 1. The van der Waals surface area contributed by atoms with E-state index >= 15 is 0 Å². The predicted molar refractivity (Wildman–Crippen MR) is 83.4 cm³/mol. The molecule has 0 radical (unpaired) electrons. The van der Waals surface area contributed by atoms with E-state index in [1.807, 2.05) is 19.1 Å². The highest BCUT2D eigenvalue weighted by molar-refractivity contribution is 6.30. The SMILES string of the molecule is C[C@@H](NC(=O)/C=C/c1ccc(F)cc1)c1ccc(Cl)cc1. The van der Waals surface area contributed by atoms with Crippen LogP contribution in [-0.2, 0) is 4.79 Å². The first-order valence-corrected chi connectivity index (χ1v) is 6.92. The van der Waals surface area contributed by atoms with Crippen LogP contribution in [0.15, 0.2) is 54.6 Å². The summed E-state index contributed by atoms with van der Waals surface area (Å²) < 4.78 is 12.8. The Balaban J connectivity index is 1.94. The van der Waals surface area contributed by atoms with Crippen molar-refractivity contribution in [2.75, 3.05) is 0 Å². The maximum Gasteiger partial charge on any atom is 0.244 e. The molecule has 0 saturated heterocycles. The fourth-order valence-electron chi connectivity index (χ4n) is 1.84. The van der Waals surface area contributed by atoms with E-state index < -0.39 is 0 Å². The van der Waals surface area contributed by atoms with E-state index in [0.29, 0.717) is 5.02 Å². The van der Waals surface area contributed by atoms with Crippen molar-refractivity contribution in [3.63, 3.8) is 0 Å². The zero-order valence-corrected chi connectivity index (χ0v) is 12.3. The smallest absolute Gasteiger partial charge is 0.244 e. The Morgan fingerprint density at radius 1 is 1.14 bits per heavy atom. The maximum atomic E-state index is 12.8. The standard InChI is InChI=1S/C17H15ClFNO/c1-12(14-5-7-15(18)8-6-14)20-17(21)11-4-13-2-9-16(19)10-3-13/h2-12H,1H3,(H,20,21)/b11-4+/t12-/m1/s1. The van der Waals surface area contributed by atoms with E-state index in [1.54, 1.807) is 30.3 Å². The number of carbonyl (C=O) groups excluding carboxylic acids is 1. The first-order valence-electron chi connectivity index (χ1n) is 6.54. The van der Waals surface area contributed by atoms with Gasteiger partial charge in [0.15, 0.2) is 0 Å². The van der Waals surface area contributed by atoms with Crippen molar-refractivity contribution in [2.45, 2.75) is 13.0 Å². The van der Waals surface area contributed by atoms with E-state index in [1.165, 1.54) is 18.2 Å². The number of benzene rings is 2. The van der Waals surface area contributed by atoms with Crippen molar-refractivity contribution in [3.8, 4) is 0 Å². The molecule has 2 nitrogen and oxygen atoms in total. The van der Waals surface area contributed by atoms with Crippen LogP contribution in [0.5, 0.6) is 0 Å². The van der Waals surface area contributed by atoms with Gasteiger partial charge in [-0.3, -0.25) is 4.79 Å². The summed E-state index contributed by atoms with van der Waals surface area (Å²) in [5.74, 6) is -0.505. The lowest BCUT2D eigenvalue weighted by atomic mass is 10.1. The molecule has 4 heteroatoms. The minimum atomic E-state index is -0.298. The van der Waals surface area contributed by atoms with E-state index in [4.69, 9.17) is 11.6 Å². The molecule has 0 unspecified atom stereocenters. The average molecular weight is 304 g/mol. The molecular formula is C17H15ClFNO. The summed E-state index contributed by atoms with van der Waals surface area (Å²) in [4.78, 5) is 11.8. The number of nitrogens with one attached hydrogen (secondary N) is 1. The molecular weight excluding hydrogens is 289 g/mol. The molecule has 0 saturated carbocycles. The molecule has 0 bridgehead atoms. The summed E-state index contributed by atoms with van der Waals surface area (Å²) in [6, 6.07) is 13.1. The Morgan fingerprint density at radius 2 is 1.76 bits per heavy atom. The zero-order chi connectivity index (χ0) is 15.2. The van der Waals surface area contributed by atoms with Gasteiger partial charge in [-0.25, -0.2) is 4.39 Å². The number of amides is 1. The van der Waals surface area contributed by atoms with Gasteiger partial charge in [-0.05, 0) is 48.4 Å². The van der Waals surface area contributed by atoms with Crippen LogP contribution >= 0.6 is 11.6 Å². The summed E-state index contributed by atoms with van der Waals surface area (Å²) in [6.07, 6.45) is 3.07. The van der Waals surface area contributed by atoms with Gasteiger partial charge in [0.1, 0.15) is 5.82 Å². The lowest BCUT2D eigenvalue weighted by Crippen LogP contribution is -2.24. The molecule has 0 spiro atoms. The summed E-state index contributed by atoms with van der Waals surface area (Å²) in [5.41, 5.74) is 1.74. The van der Waals surface area contributed by atoms with E-state index in [2.05, 4.69) is 5.32 Å². The molecule has 1 N–H and O–H groups in total. The van der Waals surface area contributed by atoms with Gasteiger partial charge in [-0.2, -0.15) is 0 Å². The van der Waals surface area contributed by atoms with Crippen LogP contribution in [-0.4, -0.2) is 5.91 Å². The molecule has 21 heavy (non-hydrogen) atoms. The van der Waals surface area contributed by atoms with Crippen molar-refractivity contribution in [1.29, 1.82) is 0 Å². The summed E-state index contributed by atoms with van der Waals surface area (Å²) in [7, 11) is 0. The van der Waals surface area contributed by atoms with Crippen LogP contribution in [0, 0.1) is 5.82 Å². The van der Waals surface area contributed by atoms with Crippen LogP contribution in [0.2, 0.25) is 5.02 Å². The second-order valence-corrected chi connectivity index (χ2v) is 5.10. The second kappa shape index (κ2) is 7.04. The number of carbonyl (C=O) groups is 1. The Hall–Kier alpha value is -2.13. The summed E-state index contributed by atoms with van der Waals surface area (Å²) in [5, 5.41) is 3.51. The molecule has 0 fully saturated rings. The molecule has 1 atom stereocenters. The van der Waals surface area contributed by atoms with Crippen molar-refractivity contribution in [1.82, 2.24) is 5.32 Å². The maximum absolute atomic E-state index is 12.8. The fourth-order valence-corrected chi connectivity index (χ4v) is 1.97. The van der Waals surface area contributed by atoms with Crippen molar-refractivity contribution < 1.29 is 9.18 Å². The molecule has 0 aliphatic rings.